The van der Waals surface area contributed by atoms with E-state index >= 15 is 0 Å². The molecule has 3 aromatic rings. The van der Waals surface area contributed by atoms with Crippen molar-refractivity contribution in [3.05, 3.63) is 52.1 Å². The Morgan fingerprint density at radius 1 is 1.26 bits per heavy atom. The molecule has 0 radical (unpaired) electrons. The maximum Gasteiger partial charge on any atom is 0.471 e. The lowest BCUT2D eigenvalue weighted by Crippen LogP contribution is -2.06. The van der Waals surface area contributed by atoms with E-state index in [1.165, 1.54) is 40.4 Å². The molecule has 5 nitrogen and oxygen atoms in total. The molecule has 10 heteroatoms. The Hall–Kier alpha value is -2.33. The van der Waals surface area contributed by atoms with Crippen molar-refractivity contribution in [2.24, 2.45) is 0 Å². The fraction of sp³-hybridized carbons (Fsp3) is 0.154. The molecule has 0 aliphatic heterocycles. The molecule has 0 spiro atoms. The maximum atomic E-state index is 14.5. The molecule has 23 heavy (non-hydrogen) atoms. The van der Waals surface area contributed by atoms with Gasteiger partial charge in [-0.3, -0.25) is 0 Å². The number of rotatable bonds is 3. The lowest BCUT2D eigenvalue weighted by atomic mass is 10.0. The van der Waals surface area contributed by atoms with Gasteiger partial charge in [-0.2, -0.15) is 18.2 Å². The smallest absolute Gasteiger partial charge is 0.382 e. The summed E-state index contributed by atoms with van der Waals surface area (Å²) in [6.45, 7) is 0. The first-order valence-corrected chi connectivity index (χ1v) is 7.08. The van der Waals surface area contributed by atoms with Crippen LogP contribution in [0.15, 0.2) is 33.6 Å². The molecule has 2 heterocycles. The van der Waals surface area contributed by atoms with Gasteiger partial charge in [-0.25, -0.2) is 9.37 Å². The molecule has 0 saturated heterocycles. The van der Waals surface area contributed by atoms with Crippen molar-refractivity contribution in [2.45, 2.75) is 12.3 Å². The van der Waals surface area contributed by atoms with Gasteiger partial charge in [-0.15, -0.1) is 11.3 Å². The normalized spacial score (nSPS) is 13.3. The predicted molar refractivity (Wildman–Crippen MR) is 70.9 cm³/mol. The Labute approximate surface area is 130 Å². The van der Waals surface area contributed by atoms with E-state index in [-0.39, 0.29) is 16.8 Å². The van der Waals surface area contributed by atoms with Crippen molar-refractivity contribution in [3.8, 4) is 11.4 Å². The number of benzene rings is 1. The molecule has 3 rings (SSSR count). The summed E-state index contributed by atoms with van der Waals surface area (Å²) in [5, 5.41) is 14.8. The summed E-state index contributed by atoms with van der Waals surface area (Å²) >= 11 is 1.22. The topological polar surface area (TPSA) is 72.0 Å². The van der Waals surface area contributed by atoms with E-state index in [1.807, 2.05) is 0 Å². The van der Waals surface area contributed by atoms with Crippen LogP contribution in [-0.2, 0) is 6.18 Å². The van der Waals surface area contributed by atoms with Crippen LogP contribution in [0, 0.1) is 5.82 Å². The van der Waals surface area contributed by atoms with Crippen LogP contribution < -0.4 is 0 Å². The minimum Gasteiger partial charge on any atom is -0.382 e. The maximum absolute atomic E-state index is 14.5. The highest BCUT2D eigenvalue weighted by Gasteiger charge is 2.38. The van der Waals surface area contributed by atoms with Gasteiger partial charge in [0, 0.05) is 10.9 Å². The Balaban J connectivity index is 2.02. The number of alkyl halides is 3. The zero-order valence-electron chi connectivity index (χ0n) is 11.1. The Bertz CT molecular complexity index is 817. The van der Waals surface area contributed by atoms with Crippen LogP contribution >= 0.6 is 11.3 Å². The molecule has 1 unspecified atom stereocenters. The van der Waals surface area contributed by atoms with Crippen LogP contribution in [0.3, 0.4) is 0 Å². The summed E-state index contributed by atoms with van der Waals surface area (Å²) in [5.74, 6) is -3.07. The van der Waals surface area contributed by atoms with Gasteiger partial charge < -0.3 is 9.63 Å². The van der Waals surface area contributed by atoms with Gasteiger partial charge >= 0.3 is 12.1 Å². The van der Waals surface area contributed by atoms with Gasteiger partial charge in [0.25, 0.3) is 0 Å². The van der Waals surface area contributed by atoms with Gasteiger partial charge in [-0.1, -0.05) is 17.3 Å². The van der Waals surface area contributed by atoms with Gasteiger partial charge in [0.15, 0.2) is 0 Å². The summed E-state index contributed by atoms with van der Waals surface area (Å²) in [5.41, 5.74) is 1.24. The molecule has 0 amide bonds. The highest BCUT2D eigenvalue weighted by Crippen LogP contribution is 2.32. The van der Waals surface area contributed by atoms with Gasteiger partial charge in [0.1, 0.15) is 11.9 Å². The van der Waals surface area contributed by atoms with E-state index in [9.17, 15) is 22.7 Å². The van der Waals surface area contributed by atoms with Crippen LogP contribution in [0.5, 0.6) is 0 Å². The molecule has 0 bridgehead atoms. The van der Waals surface area contributed by atoms with Gasteiger partial charge in [0.05, 0.1) is 16.8 Å². The van der Waals surface area contributed by atoms with Crippen LogP contribution in [0.4, 0.5) is 17.6 Å². The number of aliphatic hydroxyl groups is 1. The molecule has 2 aromatic heterocycles. The highest BCUT2D eigenvalue weighted by molar-refractivity contribution is 7.07. The van der Waals surface area contributed by atoms with E-state index in [0.717, 1.165) is 0 Å². The standard InChI is InChI=1S/C13H7F4N3O2S/c14-9-6(10(21)8-4-23-5-18-8)2-1-3-7(9)11-19-12(22-20-11)13(15,16)17/h1-5,10,21H. The van der Waals surface area contributed by atoms with Crippen molar-refractivity contribution in [1.29, 1.82) is 0 Å². The number of aromatic nitrogens is 3. The first-order chi connectivity index (χ1) is 10.9. The van der Waals surface area contributed by atoms with Crippen LogP contribution in [-0.4, -0.2) is 20.2 Å². The van der Waals surface area contributed by atoms with Gasteiger partial charge in [0.2, 0.25) is 5.82 Å². The lowest BCUT2D eigenvalue weighted by molar-refractivity contribution is -0.159. The molecule has 120 valence electrons. The summed E-state index contributed by atoms with van der Waals surface area (Å²) in [7, 11) is 0. The predicted octanol–water partition coefficient (Wildman–Crippen LogP) is 3.43. The van der Waals surface area contributed by atoms with Crippen molar-refractivity contribution in [2.75, 3.05) is 0 Å². The molecular weight excluding hydrogens is 338 g/mol. The van der Waals surface area contributed by atoms with Crippen molar-refractivity contribution >= 4 is 11.3 Å². The van der Waals surface area contributed by atoms with E-state index in [2.05, 4.69) is 19.6 Å². The first kappa shape index (κ1) is 15.6. The average molecular weight is 345 g/mol. The SMILES string of the molecule is OC(c1cscn1)c1cccc(-c2noc(C(F)(F)F)n2)c1F. The molecular formula is C13H7F4N3O2S. The second kappa shape index (κ2) is 5.70. The third-order valence-electron chi connectivity index (χ3n) is 2.96. The third-order valence-corrected chi connectivity index (χ3v) is 3.57. The fourth-order valence-electron chi connectivity index (χ4n) is 1.90. The highest BCUT2D eigenvalue weighted by atomic mass is 32.1. The molecule has 0 aliphatic rings. The van der Waals surface area contributed by atoms with E-state index < -0.39 is 29.8 Å². The second-order valence-electron chi connectivity index (χ2n) is 4.45. The fourth-order valence-corrected chi connectivity index (χ4v) is 2.47. The Kier molecular flexibility index (Phi) is 3.86. The summed E-state index contributed by atoms with van der Waals surface area (Å²) in [6, 6.07) is 3.86. The Morgan fingerprint density at radius 2 is 2.04 bits per heavy atom. The minimum atomic E-state index is -4.82. The average Bonchev–Trinajstić information content (AvgIpc) is 3.18. The van der Waals surface area contributed by atoms with Gasteiger partial charge in [-0.05, 0) is 6.07 Å². The van der Waals surface area contributed by atoms with Crippen LogP contribution in [0.1, 0.15) is 23.3 Å². The largest absolute Gasteiger partial charge is 0.471 e. The van der Waals surface area contributed by atoms with E-state index in [4.69, 9.17) is 0 Å². The number of thiazole rings is 1. The van der Waals surface area contributed by atoms with E-state index in [1.54, 1.807) is 0 Å². The molecule has 0 fully saturated rings. The zero-order valence-corrected chi connectivity index (χ0v) is 11.9. The number of halogens is 4. The van der Waals surface area contributed by atoms with Crippen molar-refractivity contribution < 1.29 is 27.2 Å². The van der Waals surface area contributed by atoms with Crippen LogP contribution in [0.2, 0.25) is 0 Å². The summed E-state index contributed by atoms with van der Waals surface area (Å²) in [4.78, 5) is 7.01. The molecule has 0 aliphatic carbocycles. The zero-order chi connectivity index (χ0) is 16.6. The van der Waals surface area contributed by atoms with Crippen molar-refractivity contribution in [1.82, 2.24) is 15.1 Å². The van der Waals surface area contributed by atoms with E-state index in [0.29, 0.717) is 0 Å². The quantitative estimate of drug-likeness (QED) is 0.737. The first-order valence-electron chi connectivity index (χ1n) is 6.13. The molecule has 1 aromatic carbocycles. The third kappa shape index (κ3) is 2.94. The monoisotopic (exact) mass is 345 g/mol. The lowest BCUT2D eigenvalue weighted by Gasteiger charge is -2.11. The Morgan fingerprint density at radius 3 is 2.65 bits per heavy atom. The number of nitrogens with zero attached hydrogens (tertiary/aromatic N) is 3. The number of hydrogen-bond acceptors (Lipinski definition) is 6. The molecule has 1 atom stereocenters. The second-order valence-corrected chi connectivity index (χ2v) is 5.16. The molecule has 0 saturated carbocycles. The summed E-state index contributed by atoms with van der Waals surface area (Å²) in [6.07, 6.45) is -6.17. The number of hydrogen-bond donors (Lipinski definition) is 1. The molecule has 1 N–H and O–H groups in total. The summed E-state index contributed by atoms with van der Waals surface area (Å²) < 4.78 is 56.0. The number of aliphatic hydroxyl groups excluding tert-OH is 1. The van der Waals surface area contributed by atoms with Crippen LogP contribution in [0.25, 0.3) is 11.4 Å². The van der Waals surface area contributed by atoms with Crippen molar-refractivity contribution in [3.63, 3.8) is 0 Å². The minimum absolute atomic E-state index is 0.147.